The summed E-state index contributed by atoms with van der Waals surface area (Å²) >= 11 is 0. The summed E-state index contributed by atoms with van der Waals surface area (Å²) in [5.74, 6) is -0.263. The first-order valence-corrected chi connectivity index (χ1v) is 6.69. The molecular formula is C16H16N4O. The summed E-state index contributed by atoms with van der Waals surface area (Å²) in [5.41, 5.74) is 7.47. The molecule has 0 unspecified atom stereocenters. The molecule has 0 radical (unpaired) electrons. The molecular weight excluding hydrogens is 264 g/mol. The van der Waals surface area contributed by atoms with Gasteiger partial charge in [0.1, 0.15) is 0 Å². The number of nitrogens with two attached hydrogens (primary N) is 1. The normalized spacial score (nSPS) is 10.7. The standard InChI is InChI=1S/C16H16N4O/c1-20-10-14(17)15(19-20)16(21)18-9-12-7-4-6-11-5-2-3-8-13(11)12/h2-8,10H,9,17H2,1H3,(H,18,21). The van der Waals surface area contributed by atoms with Crippen molar-refractivity contribution >= 4 is 22.4 Å². The first kappa shape index (κ1) is 13.2. The Balaban J connectivity index is 1.81. The second-order valence-corrected chi connectivity index (χ2v) is 4.93. The first-order valence-electron chi connectivity index (χ1n) is 6.69. The molecule has 106 valence electrons. The fourth-order valence-electron chi connectivity index (χ4n) is 2.39. The molecule has 0 fully saturated rings. The third-order valence-corrected chi connectivity index (χ3v) is 3.39. The molecule has 0 spiro atoms. The zero-order chi connectivity index (χ0) is 14.8. The Bertz CT molecular complexity index is 802. The van der Waals surface area contributed by atoms with Gasteiger partial charge >= 0.3 is 0 Å². The summed E-state index contributed by atoms with van der Waals surface area (Å²) in [5, 5.41) is 9.22. The maximum atomic E-state index is 12.1. The zero-order valence-corrected chi connectivity index (χ0v) is 11.7. The van der Waals surface area contributed by atoms with Gasteiger partial charge in [-0.1, -0.05) is 42.5 Å². The topological polar surface area (TPSA) is 72.9 Å². The van der Waals surface area contributed by atoms with Crippen LogP contribution in [0.25, 0.3) is 10.8 Å². The number of hydrogen-bond donors (Lipinski definition) is 2. The third kappa shape index (κ3) is 2.58. The molecule has 0 saturated carbocycles. The number of nitrogen functional groups attached to an aromatic ring is 1. The van der Waals surface area contributed by atoms with Gasteiger partial charge in [-0.05, 0) is 16.3 Å². The minimum Gasteiger partial charge on any atom is -0.396 e. The van der Waals surface area contributed by atoms with Gasteiger partial charge in [0, 0.05) is 19.8 Å². The predicted molar refractivity (Wildman–Crippen MR) is 82.7 cm³/mol. The van der Waals surface area contributed by atoms with E-state index in [1.165, 1.54) is 4.68 Å². The highest BCUT2D eigenvalue weighted by Gasteiger charge is 2.13. The molecule has 2 aromatic carbocycles. The van der Waals surface area contributed by atoms with Crippen LogP contribution in [0.1, 0.15) is 16.1 Å². The van der Waals surface area contributed by atoms with Gasteiger partial charge < -0.3 is 11.1 Å². The Labute approximate surface area is 122 Å². The number of carbonyl (C=O) groups excluding carboxylic acids is 1. The first-order chi connectivity index (χ1) is 10.1. The van der Waals surface area contributed by atoms with Crippen LogP contribution in [0.5, 0.6) is 0 Å². The number of nitrogens with zero attached hydrogens (tertiary/aromatic N) is 2. The van der Waals surface area contributed by atoms with Gasteiger partial charge in [-0.15, -0.1) is 0 Å². The van der Waals surface area contributed by atoms with Crippen LogP contribution in [-0.2, 0) is 13.6 Å². The molecule has 0 saturated heterocycles. The van der Waals surface area contributed by atoms with E-state index in [1.807, 2.05) is 30.3 Å². The van der Waals surface area contributed by atoms with Crippen LogP contribution in [-0.4, -0.2) is 15.7 Å². The van der Waals surface area contributed by atoms with Gasteiger partial charge in [-0.3, -0.25) is 9.48 Å². The maximum Gasteiger partial charge on any atom is 0.274 e. The van der Waals surface area contributed by atoms with E-state index in [2.05, 4.69) is 22.5 Å². The average Bonchev–Trinajstić information content (AvgIpc) is 2.83. The Morgan fingerprint density at radius 2 is 2.00 bits per heavy atom. The molecule has 1 heterocycles. The summed E-state index contributed by atoms with van der Waals surface area (Å²) in [4.78, 5) is 12.1. The van der Waals surface area contributed by atoms with Crippen LogP contribution in [0.15, 0.2) is 48.7 Å². The van der Waals surface area contributed by atoms with E-state index in [-0.39, 0.29) is 11.6 Å². The van der Waals surface area contributed by atoms with Gasteiger partial charge in [0.25, 0.3) is 5.91 Å². The van der Waals surface area contributed by atoms with Crippen molar-refractivity contribution in [1.29, 1.82) is 0 Å². The van der Waals surface area contributed by atoms with Crippen molar-refractivity contribution in [2.75, 3.05) is 5.73 Å². The van der Waals surface area contributed by atoms with Gasteiger partial charge in [-0.25, -0.2) is 0 Å². The van der Waals surface area contributed by atoms with Crippen molar-refractivity contribution in [2.45, 2.75) is 6.54 Å². The highest BCUT2D eigenvalue weighted by molar-refractivity contribution is 5.97. The summed E-state index contributed by atoms with van der Waals surface area (Å²) in [7, 11) is 1.73. The molecule has 3 rings (SSSR count). The van der Waals surface area contributed by atoms with Crippen molar-refractivity contribution in [3.63, 3.8) is 0 Å². The zero-order valence-electron chi connectivity index (χ0n) is 11.7. The van der Waals surface area contributed by atoms with E-state index in [1.54, 1.807) is 13.2 Å². The number of aromatic nitrogens is 2. The molecule has 1 aromatic heterocycles. The molecule has 0 bridgehead atoms. The lowest BCUT2D eigenvalue weighted by Gasteiger charge is -2.07. The van der Waals surface area contributed by atoms with Crippen molar-refractivity contribution in [3.05, 3.63) is 59.9 Å². The Morgan fingerprint density at radius 1 is 1.24 bits per heavy atom. The number of benzene rings is 2. The number of hydrogen-bond acceptors (Lipinski definition) is 3. The Hall–Kier alpha value is -2.82. The molecule has 1 amide bonds. The Morgan fingerprint density at radius 3 is 2.76 bits per heavy atom. The molecule has 5 heteroatoms. The Kier molecular flexibility index (Phi) is 3.31. The van der Waals surface area contributed by atoms with Crippen molar-refractivity contribution in [3.8, 4) is 0 Å². The van der Waals surface area contributed by atoms with Gasteiger partial charge in [0.2, 0.25) is 0 Å². The number of rotatable bonds is 3. The average molecular weight is 280 g/mol. The molecule has 0 aliphatic carbocycles. The number of amides is 1. The van der Waals surface area contributed by atoms with E-state index in [4.69, 9.17) is 5.73 Å². The molecule has 5 nitrogen and oxygen atoms in total. The van der Waals surface area contributed by atoms with E-state index in [0.717, 1.165) is 16.3 Å². The van der Waals surface area contributed by atoms with E-state index < -0.39 is 0 Å². The van der Waals surface area contributed by atoms with Crippen LogP contribution in [0.3, 0.4) is 0 Å². The van der Waals surface area contributed by atoms with Crippen LogP contribution in [0, 0.1) is 0 Å². The molecule has 0 aliphatic rings. The second kappa shape index (κ2) is 5.28. The number of fused-ring (bicyclic) bond motifs is 1. The van der Waals surface area contributed by atoms with Crippen LogP contribution >= 0.6 is 0 Å². The lowest BCUT2D eigenvalue weighted by atomic mass is 10.0. The summed E-state index contributed by atoms with van der Waals surface area (Å²) in [6.07, 6.45) is 1.62. The molecule has 3 aromatic rings. The van der Waals surface area contributed by atoms with Gasteiger partial charge in [0.05, 0.1) is 5.69 Å². The quantitative estimate of drug-likeness (QED) is 0.771. The summed E-state index contributed by atoms with van der Waals surface area (Å²) < 4.78 is 1.53. The fraction of sp³-hybridized carbons (Fsp3) is 0.125. The van der Waals surface area contributed by atoms with Crippen LogP contribution in [0.4, 0.5) is 5.69 Å². The highest BCUT2D eigenvalue weighted by Crippen LogP contribution is 2.18. The molecule has 21 heavy (non-hydrogen) atoms. The summed E-state index contributed by atoms with van der Waals surface area (Å²) in [6, 6.07) is 14.1. The number of nitrogens with one attached hydrogen (secondary N) is 1. The summed E-state index contributed by atoms with van der Waals surface area (Å²) in [6.45, 7) is 0.441. The smallest absolute Gasteiger partial charge is 0.274 e. The van der Waals surface area contributed by atoms with E-state index in [0.29, 0.717) is 12.2 Å². The third-order valence-electron chi connectivity index (χ3n) is 3.39. The lowest BCUT2D eigenvalue weighted by molar-refractivity contribution is 0.0946. The number of carbonyl (C=O) groups is 1. The minimum absolute atomic E-state index is 0.262. The maximum absolute atomic E-state index is 12.1. The SMILES string of the molecule is Cn1cc(N)c(C(=O)NCc2cccc3ccccc23)n1. The minimum atomic E-state index is -0.263. The van der Waals surface area contributed by atoms with E-state index >= 15 is 0 Å². The van der Waals surface area contributed by atoms with Crippen molar-refractivity contribution in [2.24, 2.45) is 7.05 Å². The van der Waals surface area contributed by atoms with Crippen molar-refractivity contribution < 1.29 is 4.79 Å². The van der Waals surface area contributed by atoms with Crippen molar-refractivity contribution in [1.82, 2.24) is 15.1 Å². The molecule has 0 aliphatic heterocycles. The van der Waals surface area contributed by atoms with Crippen LogP contribution in [0.2, 0.25) is 0 Å². The van der Waals surface area contributed by atoms with Gasteiger partial charge in [0.15, 0.2) is 5.69 Å². The van der Waals surface area contributed by atoms with Crippen LogP contribution < -0.4 is 11.1 Å². The monoisotopic (exact) mass is 280 g/mol. The number of anilines is 1. The number of aryl methyl sites for hydroxylation is 1. The molecule has 0 atom stereocenters. The lowest BCUT2D eigenvalue weighted by Crippen LogP contribution is -2.24. The molecule has 3 N–H and O–H groups in total. The van der Waals surface area contributed by atoms with Gasteiger partial charge in [-0.2, -0.15) is 5.10 Å². The fourth-order valence-corrected chi connectivity index (χ4v) is 2.39. The largest absolute Gasteiger partial charge is 0.396 e. The highest BCUT2D eigenvalue weighted by atomic mass is 16.1. The predicted octanol–water partition coefficient (Wildman–Crippen LogP) is 2.09. The van der Waals surface area contributed by atoms with E-state index in [9.17, 15) is 4.79 Å². The second-order valence-electron chi connectivity index (χ2n) is 4.93.